The molecular formula is C13H16BrNO. The van der Waals surface area contributed by atoms with Gasteiger partial charge in [-0.05, 0) is 47.0 Å². The van der Waals surface area contributed by atoms with Crippen LogP contribution in [0.1, 0.15) is 25.0 Å². The third-order valence-electron chi connectivity index (χ3n) is 2.85. The summed E-state index contributed by atoms with van der Waals surface area (Å²) < 4.78 is 1.06. The molecule has 2 rings (SSSR count). The third-order valence-corrected chi connectivity index (χ3v) is 3.49. The van der Waals surface area contributed by atoms with E-state index in [0.717, 1.165) is 29.5 Å². The average molecular weight is 282 g/mol. The molecule has 1 aromatic rings. The number of nitrogens with zero attached hydrogens (tertiary/aromatic N) is 1. The fourth-order valence-corrected chi connectivity index (χ4v) is 2.55. The molecule has 1 heterocycles. The van der Waals surface area contributed by atoms with Gasteiger partial charge in [0.15, 0.2) is 0 Å². The summed E-state index contributed by atoms with van der Waals surface area (Å²) in [6.45, 7) is 3.81. The number of benzene rings is 1. The molecular weight excluding hydrogens is 266 g/mol. The van der Waals surface area contributed by atoms with E-state index in [4.69, 9.17) is 0 Å². The largest absolute Gasteiger partial charge is 0.389 e. The van der Waals surface area contributed by atoms with Gasteiger partial charge in [-0.15, -0.1) is 0 Å². The van der Waals surface area contributed by atoms with Crippen molar-refractivity contribution in [2.24, 2.45) is 0 Å². The number of aliphatic hydroxyl groups is 1. The molecule has 0 bridgehead atoms. The van der Waals surface area contributed by atoms with Gasteiger partial charge < -0.3 is 10.0 Å². The number of hydrogen-bond acceptors (Lipinski definition) is 2. The lowest BCUT2D eigenvalue weighted by molar-refractivity contribution is 0.199. The zero-order valence-corrected chi connectivity index (χ0v) is 10.9. The molecule has 0 radical (unpaired) electrons. The Balaban J connectivity index is 2.25. The number of hydrogen-bond donors (Lipinski definition) is 1. The van der Waals surface area contributed by atoms with Crippen molar-refractivity contribution >= 4 is 21.6 Å². The van der Waals surface area contributed by atoms with E-state index in [0.29, 0.717) is 0 Å². The minimum Gasteiger partial charge on any atom is -0.389 e. The van der Waals surface area contributed by atoms with Crippen molar-refractivity contribution in [3.05, 3.63) is 40.4 Å². The molecule has 0 aliphatic carbocycles. The molecule has 0 spiro atoms. The second kappa shape index (κ2) is 5.02. The molecule has 16 heavy (non-hydrogen) atoms. The average Bonchev–Trinajstić information content (AvgIpc) is 2.30. The highest BCUT2D eigenvalue weighted by atomic mass is 79.9. The highest BCUT2D eigenvalue weighted by Crippen LogP contribution is 2.30. The summed E-state index contributed by atoms with van der Waals surface area (Å²) >= 11 is 3.57. The summed E-state index contributed by atoms with van der Waals surface area (Å²) in [6.07, 6.45) is 5.10. The number of rotatable bonds is 2. The lowest BCUT2D eigenvalue weighted by atomic mass is 10.1. The van der Waals surface area contributed by atoms with Crippen LogP contribution in [-0.2, 0) is 0 Å². The van der Waals surface area contributed by atoms with Crippen LogP contribution in [-0.4, -0.2) is 18.2 Å². The minimum atomic E-state index is -0.411. The van der Waals surface area contributed by atoms with E-state index >= 15 is 0 Å². The van der Waals surface area contributed by atoms with Crippen molar-refractivity contribution in [2.75, 3.05) is 18.0 Å². The topological polar surface area (TPSA) is 23.5 Å². The van der Waals surface area contributed by atoms with Gasteiger partial charge in [-0.25, -0.2) is 0 Å². The van der Waals surface area contributed by atoms with Crippen molar-refractivity contribution in [3.8, 4) is 0 Å². The molecule has 0 aromatic heterocycles. The van der Waals surface area contributed by atoms with Crippen LogP contribution in [0.2, 0.25) is 0 Å². The zero-order chi connectivity index (χ0) is 11.5. The van der Waals surface area contributed by atoms with Crippen molar-refractivity contribution < 1.29 is 5.11 Å². The lowest BCUT2D eigenvalue weighted by Gasteiger charge is -2.27. The fourth-order valence-electron chi connectivity index (χ4n) is 1.90. The van der Waals surface area contributed by atoms with Crippen molar-refractivity contribution in [3.63, 3.8) is 0 Å². The Kier molecular flexibility index (Phi) is 3.66. The molecule has 1 atom stereocenters. The SMILES string of the molecule is C[C@@H](O)c1ccc(N2CC=CCC2)c(Br)c1. The van der Waals surface area contributed by atoms with E-state index in [1.165, 1.54) is 5.69 Å². The van der Waals surface area contributed by atoms with Crippen LogP contribution < -0.4 is 4.90 Å². The van der Waals surface area contributed by atoms with Crippen LogP contribution in [0.3, 0.4) is 0 Å². The van der Waals surface area contributed by atoms with Gasteiger partial charge in [-0.1, -0.05) is 18.2 Å². The van der Waals surface area contributed by atoms with Crippen molar-refractivity contribution in [1.82, 2.24) is 0 Å². The van der Waals surface area contributed by atoms with Gasteiger partial charge in [-0.2, -0.15) is 0 Å². The van der Waals surface area contributed by atoms with E-state index in [9.17, 15) is 5.11 Å². The first-order valence-electron chi connectivity index (χ1n) is 5.56. The molecule has 86 valence electrons. The molecule has 1 N–H and O–H groups in total. The molecule has 0 unspecified atom stereocenters. The maximum absolute atomic E-state index is 9.50. The van der Waals surface area contributed by atoms with Gasteiger partial charge in [0.05, 0.1) is 11.8 Å². The Morgan fingerprint density at radius 1 is 1.38 bits per heavy atom. The van der Waals surface area contributed by atoms with E-state index in [1.807, 2.05) is 12.1 Å². The van der Waals surface area contributed by atoms with Crippen LogP contribution in [0, 0.1) is 0 Å². The maximum Gasteiger partial charge on any atom is 0.0762 e. The van der Waals surface area contributed by atoms with E-state index in [-0.39, 0.29) is 0 Å². The predicted octanol–water partition coefficient (Wildman–Crippen LogP) is 3.27. The first-order valence-corrected chi connectivity index (χ1v) is 6.35. The smallest absolute Gasteiger partial charge is 0.0762 e. The fraction of sp³-hybridized carbons (Fsp3) is 0.385. The van der Waals surface area contributed by atoms with Gasteiger partial charge in [0.2, 0.25) is 0 Å². The second-order valence-electron chi connectivity index (χ2n) is 4.09. The second-order valence-corrected chi connectivity index (χ2v) is 4.95. The highest BCUT2D eigenvalue weighted by Gasteiger charge is 2.12. The Morgan fingerprint density at radius 3 is 2.75 bits per heavy atom. The Morgan fingerprint density at radius 2 is 2.19 bits per heavy atom. The molecule has 1 aliphatic rings. The monoisotopic (exact) mass is 281 g/mol. The van der Waals surface area contributed by atoms with Crippen LogP contribution in [0.4, 0.5) is 5.69 Å². The van der Waals surface area contributed by atoms with Crippen molar-refractivity contribution in [1.29, 1.82) is 0 Å². The van der Waals surface area contributed by atoms with Crippen LogP contribution in [0.25, 0.3) is 0 Å². The van der Waals surface area contributed by atoms with Crippen LogP contribution >= 0.6 is 15.9 Å². The lowest BCUT2D eigenvalue weighted by Crippen LogP contribution is -2.27. The zero-order valence-electron chi connectivity index (χ0n) is 9.36. The normalized spacial score (nSPS) is 17.6. The first-order chi connectivity index (χ1) is 7.68. The molecule has 0 saturated heterocycles. The predicted molar refractivity (Wildman–Crippen MR) is 70.7 cm³/mol. The van der Waals surface area contributed by atoms with E-state index in [2.05, 4.69) is 39.0 Å². The van der Waals surface area contributed by atoms with Crippen LogP contribution in [0.5, 0.6) is 0 Å². The third kappa shape index (κ3) is 2.47. The standard InChI is InChI=1S/C13H16BrNO/c1-10(16)11-5-6-13(12(14)9-11)15-7-3-2-4-8-15/h2-3,5-6,9-10,16H,4,7-8H2,1H3/t10-/m1/s1. The number of anilines is 1. The summed E-state index contributed by atoms with van der Waals surface area (Å²) in [4.78, 5) is 2.33. The van der Waals surface area contributed by atoms with Gasteiger partial charge in [-0.3, -0.25) is 0 Å². The Bertz CT molecular complexity index is 401. The molecule has 0 fully saturated rings. The molecule has 1 aliphatic heterocycles. The number of aliphatic hydroxyl groups excluding tert-OH is 1. The molecule has 1 aromatic carbocycles. The van der Waals surface area contributed by atoms with Gasteiger partial charge in [0, 0.05) is 17.6 Å². The Labute approximate surface area is 105 Å². The summed E-state index contributed by atoms with van der Waals surface area (Å²) in [5.74, 6) is 0. The molecule has 2 nitrogen and oxygen atoms in total. The van der Waals surface area contributed by atoms with E-state index < -0.39 is 6.10 Å². The van der Waals surface area contributed by atoms with Crippen molar-refractivity contribution in [2.45, 2.75) is 19.4 Å². The van der Waals surface area contributed by atoms with Gasteiger partial charge in [0.25, 0.3) is 0 Å². The van der Waals surface area contributed by atoms with Crippen LogP contribution in [0.15, 0.2) is 34.8 Å². The summed E-state index contributed by atoms with van der Waals surface area (Å²) in [6, 6.07) is 6.06. The first kappa shape index (κ1) is 11.7. The van der Waals surface area contributed by atoms with Gasteiger partial charge >= 0.3 is 0 Å². The summed E-state index contributed by atoms with van der Waals surface area (Å²) in [5.41, 5.74) is 2.15. The van der Waals surface area contributed by atoms with Gasteiger partial charge in [0.1, 0.15) is 0 Å². The molecule has 3 heteroatoms. The molecule has 0 saturated carbocycles. The van der Waals surface area contributed by atoms with E-state index in [1.54, 1.807) is 6.92 Å². The Hall–Kier alpha value is -0.800. The summed E-state index contributed by atoms with van der Waals surface area (Å²) in [7, 11) is 0. The maximum atomic E-state index is 9.50. The number of halogens is 1. The molecule has 0 amide bonds. The quantitative estimate of drug-likeness (QED) is 0.841. The summed E-state index contributed by atoms with van der Waals surface area (Å²) in [5, 5.41) is 9.50. The minimum absolute atomic E-state index is 0.411. The highest BCUT2D eigenvalue weighted by molar-refractivity contribution is 9.10.